The lowest BCUT2D eigenvalue weighted by Crippen LogP contribution is -2.48. The quantitative estimate of drug-likeness (QED) is 0.834. The Morgan fingerprint density at radius 1 is 1.32 bits per heavy atom. The van der Waals surface area contributed by atoms with Gasteiger partial charge in [0.25, 0.3) is 5.91 Å². The topological polar surface area (TPSA) is 56.8 Å². The maximum atomic E-state index is 12.8. The molecule has 0 atom stereocenters. The maximum Gasteiger partial charge on any atom is 0.255 e. The minimum absolute atomic E-state index is 0.182. The second-order valence-electron chi connectivity index (χ2n) is 6.85. The highest BCUT2D eigenvalue weighted by molar-refractivity contribution is 6.31. The Kier molecular flexibility index (Phi) is 6.20. The van der Waals surface area contributed by atoms with Crippen molar-refractivity contribution in [1.29, 1.82) is 0 Å². The van der Waals surface area contributed by atoms with E-state index in [-0.39, 0.29) is 17.6 Å². The second-order valence-corrected chi connectivity index (χ2v) is 7.28. The van der Waals surface area contributed by atoms with Gasteiger partial charge in [0.2, 0.25) is 0 Å². The van der Waals surface area contributed by atoms with Crippen molar-refractivity contribution in [3.63, 3.8) is 0 Å². The average molecular weight is 368 g/mol. The van der Waals surface area contributed by atoms with Gasteiger partial charge in [0.05, 0.1) is 17.3 Å². The zero-order valence-corrected chi connectivity index (χ0v) is 15.4. The van der Waals surface area contributed by atoms with Crippen LogP contribution in [0, 0.1) is 0 Å². The van der Waals surface area contributed by atoms with Crippen LogP contribution in [0.5, 0.6) is 5.75 Å². The summed E-state index contributed by atoms with van der Waals surface area (Å²) in [6.07, 6.45) is 6.16. The predicted molar refractivity (Wildman–Crippen MR) is 96.5 cm³/mol. The molecule has 25 heavy (non-hydrogen) atoms. The molecule has 0 unspecified atom stereocenters. The summed E-state index contributed by atoms with van der Waals surface area (Å²) in [5.41, 5.74) is 0.122. The lowest BCUT2D eigenvalue weighted by atomic mass is 9.94. The van der Waals surface area contributed by atoms with Gasteiger partial charge in [-0.25, -0.2) is 0 Å². The number of benzene rings is 1. The van der Waals surface area contributed by atoms with Gasteiger partial charge in [-0.2, -0.15) is 0 Å². The Labute approximate surface area is 154 Å². The number of hydrogen-bond acceptors (Lipinski definition) is 4. The van der Waals surface area contributed by atoms with Gasteiger partial charge >= 0.3 is 0 Å². The first-order chi connectivity index (χ1) is 12.1. The first-order valence-corrected chi connectivity index (χ1v) is 9.37. The fourth-order valence-electron chi connectivity index (χ4n) is 3.50. The van der Waals surface area contributed by atoms with Crippen LogP contribution in [0.4, 0.5) is 0 Å². The van der Waals surface area contributed by atoms with E-state index in [1.807, 2.05) is 0 Å². The molecular formula is C19H26ClNO4. The summed E-state index contributed by atoms with van der Waals surface area (Å²) in [5.74, 6) is 0.422. The molecule has 0 aromatic heterocycles. The van der Waals surface area contributed by atoms with E-state index in [9.17, 15) is 4.79 Å². The molecular weight excluding hydrogens is 342 g/mol. The summed E-state index contributed by atoms with van der Waals surface area (Å²) in [6.45, 7) is 1.74. The third-order valence-electron chi connectivity index (χ3n) is 5.19. The standard InChI is InChI=1S/C19H26ClNO4/c1-23-19(8-10-24-11-9-19)13-21-18(22)16-12-14(20)6-7-17(16)25-15-4-2-3-5-15/h6-7,12,15H,2-5,8-11,13H2,1H3,(H,21,22). The van der Waals surface area contributed by atoms with Gasteiger partial charge < -0.3 is 19.5 Å². The number of methoxy groups -OCH3 is 1. The SMILES string of the molecule is COC1(CNC(=O)c2cc(Cl)ccc2OC2CCCC2)CCOCC1. The van der Waals surface area contributed by atoms with E-state index in [1.165, 1.54) is 12.8 Å². The summed E-state index contributed by atoms with van der Waals surface area (Å²) < 4.78 is 17.1. The van der Waals surface area contributed by atoms with E-state index in [4.69, 9.17) is 25.8 Å². The number of halogens is 1. The molecule has 1 heterocycles. The smallest absolute Gasteiger partial charge is 0.255 e. The predicted octanol–water partition coefficient (Wildman–Crippen LogP) is 3.59. The van der Waals surface area contributed by atoms with Gasteiger partial charge in [0, 0.05) is 44.7 Å². The molecule has 1 saturated carbocycles. The van der Waals surface area contributed by atoms with E-state index in [1.54, 1.807) is 25.3 Å². The van der Waals surface area contributed by atoms with Crippen LogP contribution in [0.15, 0.2) is 18.2 Å². The molecule has 1 amide bonds. The lowest BCUT2D eigenvalue weighted by Gasteiger charge is -2.36. The number of carbonyl (C=O) groups excluding carboxylic acids is 1. The summed E-state index contributed by atoms with van der Waals surface area (Å²) >= 11 is 6.10. The number of rotatable bonds is 6. The first-order valence-electron chi connectivity index (χ1n) is 8.99. The van der Waals surface area contributed by atoms with Crippen LogP contribution in [-0.4, -0.2) is 44.5 Å². The highest BCUT2D eigenvalue weighted by Gasteiger charge is 2.33. The second kappa shape index (κ2) is 8.39. The lowest BCUT2D eigenvalue weighted by molar-refractivity contribution is -0.0864. The molecule has 1 saturated heterocycles. The van der Waals surface area contributed by atoms with Gasteiger partial charge in [-0.05, 0) is 43.9 Å². The Hall–Kier alpha value is -1.30. The molecule has 1 aromatic rings. The minimum atomic E-state index is -0.362. The van der Waals surface area contributed by atoms with Crippen molar-refractivity contribution < 1.29 is 19.0 Å². The molecule has 1 aromatic carbocycles. The Morgan fingerprint density at radius 3 is 2.72 bits per heavy atom. The Bertz CT molecular complexity index is 595. The normalized spacial score (nSPS) is 20.4. The average Bonchev–Trinajstić information content (AvgIpc) is 3.15. The zero-order valence-electron chi connectivity index (χ0n) is 14.7. The monoisotopic (exact) mass is 367 g/mol. The van der Waals surface area contributed by atoms with Crippen LogP contribution in [0.3, 0.4) is 0 Å². The van der Waals surface area contributed by atoms with Crippen molar-refractivity contribution in [3.05, 3.63) is 28.8 Å². The van der Waals surface area contributed by atoms with E-state index in [2.05, 4.69) is 5.32 Å². The van der Waals surface area contributed by atoms with Crippen LogP contribution in [0.25, 0.3) is 0 Å². The molecule has 2 aliphatic rings. The summed E-state index contributed by atoms with van der Waals surface area (Å²) in [7, 11) is 1.69. The van der Waals surface area contributed by atoms with Crippen LogP contribution in [0.2, 0.25) is 5.02 Å². The Morgan fingerprint density at radius 2 is 2.04 bits per heavy atom. The third-order valence-corrected chi connectivity index (χ3v) is 5.43. The molecule has 6 heteroatoms. The number of hydrogen-bond donors (Lipinski definition) is 1. The summed E-state index contributed by atoms with van der Waals surface area (Å²) in [4.78, 5) is 12.8. The zero-order chi connectivity index (χ0) is 17.7. The van der Waals surface area contributed by atoms with E-state index in [0.29, 0.717) is 36.1 Å². The van der Waals surface area contributed by atoms with E-state index >= 15 is 0 Å². The molecule has 1 aliphatic heterocycles. The van der Waals surface area contributed by atoms with Gasteiger partial charge in [0.15, 0.2) is 0 Å². The molecule has 2 fully saturated rings. The van der Waals surface area contributed by atoms with Crippen LogP contribution >= 0.6 is 11.6 Å². The highest BCUT2D eigenvalue weighted by Crippen LogP contribution is 2.29. The van der Waals surface area contributed by atoms with Crippen LogP contribution < -0.4 is 10.1 Å². The number of amides is 1. The van der Waals surface area contributed by atoms with E-state index < -0.39 is 0 Å². The van der Waals surface area contributed by atoms with Crippen molar-refractivity contribution in [3.8, 4) is 5.75 Å². The van der Waals surface area contributed by atoms with Crippen LogP contribution in [0.1, 0.15) is 48.9 Å². The van der Waals surface area contributed by atoms with Crippen molar-refractivity contribution in [1.82, 2.24) is 5.32 Å². The van der Waals surface area contributed by atoms with Gasteiger partial charge in [-0.15, -0.1) is 0 Å². The maximum absolute atomic E-state index is 12.8. The molecule has 3 rings (SSSR count). The van der Waals surface area contributed by atoms with Gasteiger partial charge in [0.1, 0.15) is 5.75 Å². The van der Waals surface area contributed by atoms with Crippen molar-refractivity contribution in [2.24, 2.45) is 0 Å². The summed E-state index contributed by atoms with van der Waals surface area (Å²) in [5, 5.41) is 3.52. The van der Waals surface area contributed by atoms with Crippen LogP contribution in [-0.2, 0) is 9.47 Å². The fourth-order valence-corrected chi connectivity index (χ4v) is 3.67. The third kappa shape index (κ3) is 4.66. The van der Waals surface area contributed by atoms with E-state index in [0.717, 1.165) is 25.7 Å². The van der Waals surface area contributed by atoms with Crippen molar-refractivity contribution >= 4 is 17.5 Å². The number of carbonyl (C=O) groups is 1. The summed E-state index contributed by atoms with van der Waals surface area (Å²) in [6, 6.07) is 5.22. The highest BCUT2D eigenvalue weighted by atomic mass is 35.5. The van der Waals surface area contributed by atoms with Crippen molar-refractivity contribution in [2.45, 2.75) is 50.2 Å². The molecule has 138 valence electrons. The molecule has 5 nitrogen and oxygen atoms in total. The Balaban J connectivity index is 1.68. The first kappa shape index (κ1) is 18.5. The molecule has 1 N–H and O–H groups in total. The number of ether oxygens (including phenoxy) is 3. The molecule has 0 bridgehead atoms. The van der Waals surface area contributed by atoms with Gasteiger partial charge in [-0.1, -0.05) is 11.6 Å². The molecule has 0 radical (unpaired) electrons. The van der Waals surface area contributed by atoms with Crippen molar-refractivity contribution in [2.75, 3.05) is 26.9 Å². The fraction of sp³-hybridized carbons (Fsp3) is 0.632. The molecule has 1 aliphatic carbocycles. The largest absolute Gasteiger partial charge is 0.490 e. The number of nitrogens with one attached hydrogen (secondary N) is 1. The van der Waals surface area contributed by atoms with Gasteiger partial charge in [-0.3, -0.25) is 4.79 Å². The minimum Gasteiger partial charge on any atom is -0.490 e. The molecule has 0 spiro atoms.